The van der Waals surface area contributed by atoms with Gasteiger partial charge in [-0.2, -0.15) is 0 Å². The molecular weight excluding hydrogens is 536 g/mol. The van der Waals surface area contributed by atoms with Crippen molar-refractivity contribution in [1.82, 2.24) is 0 Å². The average molecular weight is 593 g/mol. The van der Waals surface area contributed by atoms with Crippen molar-refractivity contribution in [2.24, 2.45) is 5.92 Å². The number of ether oxygens (including phenoxy) is 4. The first-order valence-corrected chi connectivity index (χ1v) is 17.1. The summed E-state index contributed by atoms with van der Waals surface area (Å²) in [7, 11) is 0. The van der Waals surface area contributed by atoms with Crippen LogP contribution >= 0.6 is 0 Å². The van der Waals surface area contributed by atoms with Crippen molar-refractivity contribution in [3.05, 3.63) is 72.3 Å². The Bertz CT molecular complexity index is 992. The number of allylic oxidation sites excluding steroid dienone is 1. The van der Waals surface area contributed by atoms with Crippen molar-refractivity contribution in [1.29, 1.82) is 0 Å². The van der Waals surface area contributed by atoms with Gasteiger partial charge in [-0.3, -0.25) is 0 Å². The molecule has 1 aliphatic rings. The van der Waals surface area contributed by atoms with Gasteiger partial charge in [0.1, 0.15) is 11.5 Å². The van der Waals surface area contributed by atoms with Gasteiger partial charge in [-0.1, -0.05) is 109 Å². The van der Waals surface area contributed by atoms with Crippen LogP contribution in [0.2, 0.25) is 0 Å². The van der Waals surface area contributed by atoms with Gasteiger partial charge in [0, 0.05) is 11.5 Å². The van der Waals surface area contributed by atoms with Gasteiger partial charge in [0.05, 0.1) is 25.4 Å². The number of unbranched alkanes of at least 4 members (excludes halogenated alkanes) is 14. The Morgan fingerprint density at radius 1 is 0.744 bits per heavy atom. The Labute approximate surface area is 261 Å². The van der Waals surface area contributed by atoms with Gasteiger partial charge >= 0.3 is 5.97 Å². The van der Waals surface area contributed by atoms with Crippen molar-refractivity contribution in [3.63, 3.8) is 0 Å². The summed E-state index contributed by atoms with van der Waals surface area (Å²) in [5.74, 6) is 1.36. The zero-order chi connectivity index (χ0) is 30.4. The molecule has 3 rings (SSSR count). The molecular formula is C38H56O5. The summed E-state index contributed by atoms with van der Waals surface area (Å²) in [4.78, 5) is 12.7. The van der Waals surface area contributed by atoms with Crippen LogP contribution in [0.3, 0.4) is 0 Å². The highest BCUT2D eigenvalue weighted by Gasteiger charge is 2.23. The molecule has 238 valence electrons. The maximum absolute atomic E-state index is 12.7. The topological polar surface area (TPSA) is 54.0 Å². The van der Waals surface area contributed by atoms with E-state index in [-0.39, 0.29) is 12.3 Å². The van der Waals surface area contributed by atoms with Crippen LogP contribution in [0.1, 0.15) is 138 Å². The summed E-state index contributed by atoms with van der Waals surface area (Å²) in [6.07, 6.45) is 23.3. The number of hydrogen-bond donors (Lipinski definition) is 0. The maximum Gasteiger partial charge on any atom is 0.343 e. The van der Waals surface area contributed by atoms with Crippen LogP contribution in [0, 0.1) is 5.92 Å². The first kappa shape index (κ1) is 34.9. The zero-order valence-electron chi connectivity index (χ0n) is 26.7. The number of rotatable bonds is 23. The molecule has 2 aromatic carbocycles. The van der Waals surface area contributed by atoms with Gasteiger partial charge in [-0.15, -0.1) is 6.58 Å². The van der Waals surface area contributed by atoms with E-state index < -0.39 is 0 Å². The van der Waals surface area contributed by atoms with E-state index in [0.29, 0.717) is 23.8 Å². The molecule has 5 nitrogen and oxygen atoms in total. The summed E-state index contributed by atoms with van der Waals surface area (Å²) >= 11 is 0. The van der Waals surface area contributed by atoms with Gasteiger partial charge in [-0.25, -0.2) is 4.79 Å². The fourth-order valence-electron chi connectivity index (χ4n) is 5.48. The fraction of sp³-hybridized carbons (Fsp3) is 0.605. The first-order valence-electron chi connectivity index (χ1n) is 17.1. The van der Waals surface area contributed by atoms with Gasteiger partial charge in [0.15, 0.2) is 6.29 Å². The number of carbonyl (C=O) groups is 1. The van der Waals surface area contributed by atoms with Gasteiger partial charge < -0.3 is 18.9 Å². The predicted octanol–water partition coefficient (Wildman–Crippen LogP) is 10.8. The quantitative estimate of drug-likeness (QED) is 0.0556. The smallest absolute Gasteiger partial charge is 0.343 e. The highest BCUT2D eigenvalue weighted by molar-refractivity contribution is 5.91. The van der Waals surface area contributed by atoms with Crippen molar-refractivity contribution >= 4 is 5.97 Å². The maximum atomic E-state index is 12.7. The molecule has 0 bridgehead atoms. The Hall–Kier alpha value is -2.63. The lowest BCUT2D eigenvalue weighted by molar-refractivity contribution is -0.206. The van der Waals surface area contributed by atoms with E-state index in [4.69, 9.17) is 18.9 Å². The lowest BCUT2D eigenvalue weighted by Gasteiger charge is -2.29. The number of hydrogen-bond acceptors (Lipinski definition) is 5. The van der Waals surface area contributed by atoms with Crippen LogP contribution in [0.5, 0.6) is 11.5 Å². The van der Waals surface area contributed by atoms with E-state index in [1.165, 1.54) is 96.3 Å². The van der Waals surface area contributed by atoms with Crippen molar-refractivity contribution in [2.75, 3.05) is 19.8 Å². The number of carbonyl (C=O) groups excluding carboxylic acids is 1. The Balaban J connectivity index is 1.27. The first-order chi connectivity index (χ1) is 21.2. The lowest BCUT2D eigenvalue weighted by Crippen LogP contribution is -2.27. The second kappa shape index (κ2) is 22.0. The Kier molecular flexibility index (Phi) is 17.8. The molecule has 43 heavy (non-hydrogen) atoms. The van der Waals surface area contributed by atoms with E-state index in [0.717, 1.165) is 37.4 Å². The van der Waals surface area contributed by atoms with E-state index in [1.54, 1.807) is 24.3 Å². The van der Waals surface area contributed by atoms with Crippen LogP contribution in [0.15, 0.2) is 61.2 Å². The van der Waals surface area contributed by atoms with Crippen molar-refractivity contribution in [3.8, 4) is 11.5 Å². The van der Waals surface area contributed by atoms with Crippen LogP contribution in [0.25, 0.3) is 0 Å². The normalized spacial score (nSPS) is 16.6. The average Bonchev–Trinajstić information content (AvgIpc) is 3.04. The molecule has 1 heterocycles. The van der Waals surface area contributed by atoms with E-state index >= 15 is 0 Å². The molecule has 0 radical (unpaired) electrons. The van der Waals surface area contributed by atoms with Gasteiger partial charge in [0.25, 0.3) is 0 Å². The molecule has 0 saturated carbocycles. The summed E-state index contributed by atoms with van der Waals surface area (Å²) in [5, 5.41) is 0. The van der Waals surface area contributed by atoms with Gasteiger partial charge in [-0.05, 0) is 62.1 Å². The minimum absolute atomic E-state index is 0.362. The third-order valence-electron chi connectivity index (χ3n) is 8.21. The minimum Gasteiger partial charge on any atom is -0.494 e. The number of esters is 1. The largest absolute Gasteiger partial charge is 0.494 e. The van der Waals surface area contributed by atoms with Crippen LogP contribution < -0.4 is 9.47 Å². The molecule has 0 unspecified atom stereocenters. The molecule has 0 aromatic heterocycles. The van der Waals surface area contributed by atoms with Crippen LogP contribution in [0.4, 0.5) is 0 Å². The molecule has 0 atom stereocenters. The monoisotopic (exact) mass is 592 g/mol. The van der Waals surface area contributed by atoms with Gasteiger partial charge in [0.2, 0.25) is 0 Å². The number of benzene rings is 2. The van der Waals surface area contributed by atoms with E-state index in [1.807, 2.05) is 30.3 Å². The predicted molar refractivity (Wildman–Crippen MR) is 176 cm³/mol. The molecule has 0 spiro atoms. The summed E-state index contributed by atoms with van der Waals surface area (Å²) in [6, 6.07) is 14.6. The van der Waals surface area contributed by atoms with Crippen LogP contribution in [-0.2, 0) is 9.47 Å². The molecule has 1 aliphatic heterocycles. The van der Waals surface area contributed by atoms with E-state index in [2.05, 4.69) is 13.5 Å². The van der Waals surface area contributed by atoms with E-state index in [9.17, 15) is 4.79 Å². The highest BCUT2D eigenvalue weighted by atomic mass is 16.7. The summed E-state index contributed by atoms with van der Waals surface area (Å²) in [6.45, 7) is 8.19. The minimum atomic E-state index is -0.388. The molecule has 0 N–H and O–H groups in total. The molecule has 1 fully saturated rings. The molecule has 1 saturated heterocycles. The SMILES string of the molecule is C=CCCCCCCCCCOc1ccc(C(=O)Oc2ccc([C@H]3OC[C@H](CCCCCCCCCC)CO3)cc2)cc1. The standard InChI is InChI=1S/C38H56O5/c1-3-5-7-9-11-13-15-17-19-29-40-35-25-21-33(22-26-35)37(39)43-36-27-23-34(24-28-36)38-41-30-32(31-42-38)20-18-16-14-12-10-8-6-4-2/h3,21-28,32,38H,1,4-20,29-31H2,2H3/t32-,38-. The third-order valence-corrected chi connectivity index (χ3v) is 8.21. The Morgan fingerprint density at radius 3 is 1.93 bits per heavy atom. The molecule has 0 amide bonds. The Morgan fingerprint density at radius 2 is 1.30 bits per heavy atom. The van der Waals surface area contributed by atoms with Crippen LogP contribution in [-0.4, -0.2) is 25.8 Å². The summed E-state index contributed by atoms with van der Waals surface area (Å²) in [5.41, 5.74) is 1.43. The lowest BCUT2D eigenvalue weighted by atomic mass is 10.0. The summed E-state index contributed by atoms with van der Waals surface area (Å²) < 4.78 is 23.5. The third kappa shape index (κ3) is 14.6. The molecule has 0 aliphatic carbocycles. The van der Waals surface area contributed by atoms with Crippen molar-refractivity contribution < 1.29 is 23.7 Å². The second-order valence-electron chi connectivity index (χ2n) is 12.0. The van der Waals surface area contributed by atoms with Crippen molar-refractivity contribution in [2.45, 2.75) is 122 Å². The molecule has 2 aromatic rings. The zero-order valence-corrected chi connectivity index (χ0v) is 26.7. The highest BCUT2D eigenvalue weighted by Crippen LogP contribution is 2.29. The molecule has 5 heteroatoms. The fourth-order valence-corrected chi connectivity index (χ4v) is 5.48. The second-order valence-corrected chi connectivity index (χ2v) is 12.0.